The number of pyridine rings is 1. The van der Waals surface area contributed by atoms with Crippen molar-refractivity contribution in [3.63, 3.8) is 0 Å². The van der Waals surface area contributed by atoms with E-state index in [4.69, 9.17) is 9.47 Å². The van der Waals surface area contributed by atoms with Crippen molar-refractivity contribution in [3.05, 3.63) is 30.1 Å². The summed E-state index contributed by atoms with van der Waals surface area (Å²) in [7, 11) is 0. The summed E-state index contributed by atoms with van der Waals surface area (Å²) < 4.78 is 11.4. The molecular weight excluding hydrogens is 228 g/mol. The smallest absolute Gasteiger partial charge is 0.0951 e. The van der Waals surface area contributed by atoms with Gasteiger partial charge in [0.25, 0.3) is 0 Å². The molecule has 2 aliphatic heterocycles. The van der Waals surface area contributed by atoms with Crippen LogP contribution < -0.4 is 5.32 Å². The molecule has 2 fully saturated rings. The summed E-state index contributed by atoms with van der Waals surface area (Å²) in [6.45, 7) is 3.36. The fourth-order valence-corrected chi connectivity index (χ4v) is 2.83. The number of hydrogen-bond acceptors (Lipinski definition) is 4. The van der Waals surface area contributed by atoms with E-state index in [0.29, 0.717) is 6.04 Å². The van der Waals surface area contributed by atoms with Crippen LogP contribution >= 0.6 is 0 Å². The molecule has 98 valence electrons. The van der Waals surface area contributed by atoms with Crippen LogP contribution in [0.3, 0.4) is 0 Å². The Kier molecular flexibility index (Phi) is 3.59. The third-order valence-corrected chi connectivity index (χ3v) is 3.90. The topological polar surface area (TPSA) is 43.4 Å². The Morgan fingerprint density at radius 1 is 1.33 bits per heavy atom. The lowest BCUT2D eigenvalue weighted by Crippen LogP contribution is -2.47. The fourth-order valence-electron chi connectivity index (χ4n) is 2.83. The van der Waals surface area contributed by atoms with Crippen molar-refractivity contribution in [2.24, 2.45) is 0 Å². The van der Waals surface area contributed by atoms with Crippen molar-refractivity contribution in [3.8, 4) is 0 Å². The van der Waals surface area contributed by atoms with Crippen LogP contribution in [0.15, 0.2) is 24.5 Å². The van der Waals surface area contributed by atoms with Crippen molar-refractivity contribution in [1.29, 1.82) is 0 Å². The number of aromatic nitrogens is 1. The van der Waals surface area contributed by atoms with Gasteiger partial charge >= 0.3 is 0 Å². The second-order valence-corrected chi connectivity index (χ2v) is 5.26. The predicted octanol–water partition coefficient (Wildman–Crippen LogP) is 1.51. The predicted molar refractivity (Wildman–Crippen MR) is 68.2 cm³/mol. The van der Waals surface area contributed by atoms with Crippen LogP contribution in [0, 0.1) is 0 Å². The van der Waals surface area contributed by atoms with E-state index in [-0.39, 0.29) is 5.60 Å². The molecule has 1 N–H and O–H groups in total. The molecule has 1 spiro atoms. The van der Waals surface area contributed by atoms with Crippen molar-refractivity contribution >= 4 is 0 Å². The average molecular weight is 248 g/mol. The Morgan fingerprint density at radius 2 is 2.22 bits per heavy atom. The van der Waals surface area contributed by atoms with E-state index < -0.39 is 0 Å². The van der Waals surface area contributed by atoms with E-state index in [9.17, 15) is 0 Å². The molecule has 1 aromatic heterocycles. The Hall–Kier alpha value is -0.970. The maximum Gasteiger partial charge on any atom is 0.0951 e. The summed E-state index contributed by atoms with van der Waals surface area (Å²) in [6, 6.07) is 4.65. The molecule has 2 unspecified atom stereocenters. The molecule has 4 nitrogen and oxygen atoms in total. The molecule has 0 aliphatic carbocycles. The maximum absolute atomic E-state index is 5.93. The van der Waals surface area contributed by atoms with Crippen molar-refractivity contribution < 1.29 is 9.47 Å². The van der Waals surface area contributed by atoms with E-state index in [1.807, 2.05) is 12.4 Å². The molecule has 4 heteroatoms. The van der Waals surface area contributed by atoms with Gasteiger partial charge in [-0.05, 0) is 30.5 Å². The zero-order valence-electron chi connectivity index (χ0n) is 10.6. The summed E-state index contributed by atoms with van der Waals surface area (Å²) in [5, 5.41) is 3.63. The summed E-state index contributed by atoms with van der Waals surface area (Å²) in [4.78, 5) is 4.03. The highest BCUT2D eigenvalue weighted by Gasteiger charge is 2.40. The SMILES string of the molecule is c1cc(CNC2CCOC3(CCOC3)C2)ccn1. The highest BCUT2D eigenvalue weighted by atomic mass is 16.6. The number of nitrogens with zero attached hydrogens (tertiary/aromatic N) is 1. The number of rotatable bonds is 3. The summed E-state index contributed by atoms with van der Waals surface area (Å²) >= 11 is 0. The molecule has 0 aromatic carbocycles. The van der Waals surface area contributed by atoms with Crippen molar-refractivity contribution in [1.82, 2.24) is 10.3 Å². The molecule has 0 saturated carbocycles. The third kappa shape index (κ3) is 2.71. The van der Waals surface area contributed by atoms with Gasteiger partial charge in [0.05, 0.1) is 12.2 Å². The first kappa shape index (κ1) is 12.1. The molecule has 2 saturated heterocycles. The minimum Gasteiger partial charge on any atom is -0.378 e. The Labute approximate surface area is 108 Å². The second-order valence-electron chi connectivity index (χ2n) is 5.26. The Morgan fingerprint density at radius 3 is 3.00 bits per heavy atom. The lowest BCUT2D eigenvalue weighted by Gasteiger charge is -2.37. The van der Waals surface area contributed by atoms with Gasteiger partial charge in [-0.25, -0.2) is 0 Å². The minimum atomic E-state index is -0.00579. The van der Waals surface area contributed by atoms with Gasteiger partial charge in [-0.2, -0.15) is 0 Å². The minimum absolute atomic E-state index is 0.00579. The Bertz CT molecular complexity index is 377. The fraction of sp³-hybridized carbons (Fsp3) is 0.643. The van der Waals surface area contributed by atoms with Gasteiger partial charge in [-0.3, -0.25) is 4.98 Å². The number of ether oxygens (including phenoxy) is 2. The van der Waals surface area contributed by atoms with Crippen LogP contribution in [0.5, 0.6) is 0 Å². The van der Waals surface area contributed by atoms with Crippen molar-refractivity contribution in [2.75, 3.05) is 19.8 Å². The maximum atomic E-state index is 5.93. The standard InChI is InChI=1S/C14H20N2O2/c1-5-15-6-2-12(1)10-16-13-3-7-18-14(9-13)4-8-17-11-14/h1-2,5-6,13,16H,3-4,7-11H2. The van der Waals surface area contributed by atoms with Crippen LogP contribution in [-0.2, 0) is 16.0 Å². The van der Waals surface area contributed by atoms with Crippen molar-refractivity contribution in [2.45, 2.75) is 37.5 Å². The highest BCUT2D eigenvalue weighted by molar-refractivity contribution is 5.09. The second kappa shape index (κ2) is 5.34. The van der Waals surface area contributed by atoms with Gasteiger partial charge in [0.15, 0.2) is 0 Å². The quantitative estimate of drug-likeness (QED) is 0.880. The van der Waals surface area contributed by atoms with E-state index in [1.54, 1.807) is 0 Å². The first-order valence-corrected chi connectivity index (χ1v) is 6.70. The van der Waals surface area contributed by atoms with E-state index in [1.165, 1.54) is 5.56 Å². The molecular formula is C14H20N2O2. The molecule has 3 rings (SSSR count). The molecule has 0 bridgehead atoms. The van der Waals surface area contributed by atoms with Crippen LogP contribution in [-0.4, -0.2) is 36.4 Å². The zero-order chi connectivity index (χ0) is 12.3. The first-order valence-electron chi connectivity index (χ1n) is 6.70. The highest BCUT2D eigenvalue weighted by Crippen LogP contribution is 2.32. The summed E-state index contributed by atoms with van der Waals surface area (Å²) in [5.74, 6) is 0. The number of hydrogen-bond donors (Lipinski definition) is 1. The molecule has 0 radical (unpaired) electrons. The molecule has 18 heavy (non-hydrogen) atoms. The average Bonchev–Trinajstić information content (AvgIpc) is 2.86. The monoisotopic (exact) mass is 248 g/mol. The van der Waals surface area contributed by atoms with Crippen LogP contribution in [0.4, 0.5) is 0 Å². The summed E-state index contributed by atoms with van der Waals surface area (Å²) in [6.07, 6.45) is 6.88. The normalized spacial score (nSPS) is 31.9. The van der Waals surface area contributed by atoms with Crippen LogP contribution in [0.1, 0.15) is 24.8 Å². The van der Waals surface area contributed by atoms with Gasteiger partial charge in [0.1, 0.15) is 0 Å². The van der Waals surface area contributed by atoms with Gasteiger partial charge in [0.2, 0.25) is 0 Å². The molecule has 2 aliphatic rings. The van der Waals surface area contributed by atoms with Gasteiger partial charge in [0, 0.05) is 44.6 Å². The number of nitrogens with one attached hydrogen (secondary N) is 1. The van der Waals surface area contributed by atoms with E-state index >= 15 is 0 Å². The summed E-state index contributed by atoms with van der Waals surface area (Å²) in [5.41, 5.74) is 1.28. The zero-order valence-corrected chi connectivity index (χ0v) is 10.6. The molecule has 2 atom stereocenters. The molecule has 1 aromatic rings. The van der Waals surface area contributed by atoms with E-state index in [2.05, 4.69) is 22.4 Å². The largest absolute Gasteiger partial charge is 0.378 e. The van der Waals surface area contributed by atoms with Crippen LogP contribution in [0.2, 0.25) is 0 Å². The van der Waals surface area contributed by atoms with Gasteiger partial charge in [-0.15, -0.1) is 0 Å². The van der Waals surface area contributed by atoms with E-state index in [0.717, 1.165) is 45.6 Å². The molecule has 3 heterocycles. The third-order valence-electron chi connectivity index (χ3n) is 3.90. The van der Waals surface area contributed by atoms with Crippen LogP contribution in [0.25, 0.3) is 0 Å². The lowest BCUT2D eigenvalue weighted by atomic mass is 9.89. The molecule has 0 amide bonds. The first-order chi connectivity index (χ1) is 8.86. The van der Waals surface area contributed by atoms with Gasteiger partial charge < -0.3 is 14.8 Å². The Balaban J connectivity index is 1.54. The lowest BCUT2D eigenvalue weighted by molar-refractivity contribution is -0.0894. The van der Waals surface area contributed by atoms with Gasteiger partial charge in [-0.1, -0.05) is 0 Å².